The summed E-state index contributed by atoms with van der Waals surface area (Å²) in [6, 6.07) is 16.3. The molecule has 1 atom stereocenters. The van der Waals surface area contributed by atoms with Crippen LogP contribution >= 0.6 is 11.8 Å². The number of hydrogen-bond acceptors (Lipinski definition) is 3. The van der Waals surface area contributed by atoms with E-state index in [1.807, 2.05) is 42.5 Å². The molecule has 0 saturated heterocycles. The van der Waals surface area contributed by atoms with Gasteiger partial charge in [-0.05, 0) is 21.7 Å². The first-order valence-corrected chi connectivity index (χ1v) is 7.82. The number of nitriles is 1. The summed E-state index contributed by atoms with van der Waals surface area (Å²) in [4.78, 5) is 12.0. The fourth-order valence-corrected chi connectivity index (χ4v) is 3.47. The number of nitrogens with one attached hydrogen (secondary N) is 1. The van der Waals surface area contributed by atoms with Gasteiger partial charge in [-0.3, -0.25) is 4.79 Å². The molecule has 0 spiro atoms. The number of hydrogen-bond donors (Lipinski definition) is 1. The van der Waals surface area contributed by atoms with Crippen molar-refractivity contribution in [2.75, 3.05) is 0 Å². The van der Waals surface area contributed by atoms with Crippen molar-refractivity contribution >= 4 is 28.4 Å². The lowest BCUT2D eigenvalue weighted by atomic mass is 9.84. The molecular weight excluding hydrogens is 292 g/mol. The molecule has 0 fully saturated rings. The predicted molar refractivity (Wildman–Crippen MR) is 89.9 cm³/mol. The van der Waals surface area contributed by atoms with Crippen molar-refractivity contribution in [1.82, 2.24) is 5.32 Å². The highest BCUT2D eigenvalue weighted by Gasteiger charge is 2.30. The smallest absolute Gasteiger partial charge is 0.225 e. The van der Waals surface area contributed by atoms with Crippen LogP contribution in [-0.4, -0.2) is 5.91 Å². The lowest BCUT2D eigenvalue weighted by Gasteiger charge is -2.25. The van der Waals surface area contributed by atoms with Crippen LogP contribution in [0.15, 0.2) is 65.1 Å². The summed E-state index contributed by atoms with van der Waals surface area (Å²) in [5.74, 6) is -0.284. The van der Waals surface area contributed by atoms with Crippen LogP contribution < -0.4 is 5.32 Å². The number of carbonyl (C=O) groups excluding carboxylic acids is 1. The van der Waals surface area contributed by atoms with Gasteiger partial charge in [-0.15, -0.1) is 0 Å². The van der Waals surface area contributed by atoms with Gasteiger partial charge in [-0.1, -0.05) is 60.8 Å². The first-order valence-electron chi connectivity index (χ1n) is 6.94. The molecule has 0 aliphatic carbocycles. The van der Waals surface area contributed by atoms with Crippen LogP contribution in [0.25, 0.3) is 10.8 Å². The summed E-state index contributed by atoms with van der Waals surface area (Å²) < 4.78 is 0. The first-order chi connectivity index (χ1) is 10.7. The van der Waals surface area contributed by atoms with E-state index in [2.05, 4.69) is 18.0 Å². The zero-order chi connectivity index (χ0) is 15.5. The van der Waals surface area contributed by atoms with Gasteiger partial charge in [0.05, 0.1) is 16.7 Å². The van der Waals surface area contributed by atoms with Crippen LogP contribution in [0.1, 0.15) is 17.9 Å². The largest absolute Gasteiger partial charge is 0.320 e. The second-order valence-corrected chi connectivity index (χ2v) is 5.99. The molecular formula is C18H14N2OS. The minimum absolute atomic E-state index is 0.0683. The molecule has 1 N–H and O–H groups in total. The Kier molecular flexibility index (Phi) is 3.99. The van der Waals surface area contributed by atoms with Crippen molar-refractivity contribution in [3.63, 3.8) is 0 Å². The number of allylic oxidation sites excluding steroid dienone is 1. The Hall–Kier alpha value is -2.51. The lowest BCUT2D eigenvalue weighted by Crippen LogP contribution is -2.30. The topological polar surface area (TPSA) is 52.9 Å². The minimum Gasteiger partial charge on any atom is -0.320 e. The summed E-state index contributed by atoms with van der Waals surface area (Å²) in [5.41, 5.74) is 1.62. The van der Waals surface area contributed by atoms with Gasteiger partial charge in [0.15, 0.2) is 0 Å². The van der Waals surface area contributed by atoms with Gasteiger partial charge < -0.3 is 5.32 Å². The Bertz CT molecular complexity index is 827. The van der Waals surface area contributed by atoms with E-state index in [1.54, 1.807) is 5.41 Å². The van der Waals surface area contributed by atoms with Gasteiger partial charge in [-0.2, -0.15) is 5.26 Å². The second kappa shape index (κ2) is 6.08. The molecule has 0 aromatic heterocycles. The van der Waals surface area contributed by atoms with Gasteiger partial charge in [0, 0.05) is 12.3 Å². The van der Waals surface area contributed by atoms with E-state index in [9.17, 15) is 10.1 Å². The maximum absolute atomic E-state index is 12.0. The average Bonchev–Trinajstić information content (AvgIpc) is 2.54. The monoisotopic (exact) mass is 306 g/mol. The molecule has 0 unspecified atom stereocenters. The van der Waals surface area contributed by atoms with Gasteiger partial charge in [0.1, 0.15) is 0 Å². The standard InChI is InChI=1S/C18H14N2OS/c1-2-22-18-16(11-19)15(10-17(21)20-18)14-9-5-7-12-6-3-4-8-13(12)14/h2-9,15H,1,10H2,(H,20,21)/t15-/m1/s1. The fraction of sp³-hybridized carbons (Fsp3) is 0.111. The highest BCUT2D eigenvalue weighted by Crippen LogP contribution is 2.38. The molecule has 1 aliphatic heterocycles. The Morgan fingerprint density at radius 1 is 1.27 bits per heavy atom. The Balaban J connectivity index is 2.20. The van der Waals surface area contributed by atoms with Crippen molar-refractivity contribution in [3.05, 3.63) is 70.6 Å². The van der Waals surface area contributed by atoms with E-state index in [0.717, 1.165) is 16.3 Å². The molecule has 0 saturated carbocycles. The van der Waals surface area contributed by atoms with Crippen LogP contribution in [-0.2, 0) is 4.79 Å². The highest BCUT2D eigenvalue weighted by molar-refractivity contribution is 8.05. The van der Waals surface area contributed by atoms with Crippen LogP contribution in [0.5, 0.6) is 0 Å². The summed E-state index contributed by atoms with van der Waals surface area (Å²) in [6.07, 6.45) is 0.290. The molecule has 2 aromatic carbocycles. The van der Waals surface area contributed by atoms with Crippen LogP contribution in [0, 0.1) is 11.3 Å². The number of amides is 1. The fourth-order valence-electron chi connectivity index (χ4n) is 2.82. The van der Waals surface area contributed by atoms with E-state index >= 15 is 0 Å². The molecule has 1 amide bonds. The molecule has 22 heavy (non-hydrogen) atoms. The third kappa shape index (κ3) is 2.51. The van der Waals surface area contributed by atoms with Gasteiger partial charge in [0.2, 0.25) is 5.91 Å². The summed E-state index contributed by atoms with van der Waals surface area (Å²) in [5, 5.41) is 16.8. The van der Waals surface area contributed by atoms with Crippen molar-refractivity contribution in [2.45, 2.75) is 12.3 Å². The molecule has 3 rings (SSSR count). The number of fused-ring (bicyclic) bond motifs is 1. The van der Waals surface area contributed by atoms with Gasteiger partial charge in [-0.25, -0.2) is 0 Å². The first kappa shape index (κ1) is 14.4. The molecule has 0 radical (unpaired) electrons. The molecule has 4 heteroatoms. The third-order valence-electron chi connectivity index (χ3n) is 3.76. The van der Waals surface area contributed by atoms with Gasteiger partial charge >= 0.3 is 0 Å². The van der Waals surface area contributed by atoms with Crippen molar-refractivity contribution < 1.29 is 4.79 Å². The van der Waals surface area contributed by atoms with E-state index in [1.165, 1.54) is 11.8 Å². The number of benzene rings is 2. The summed E-state index contributed by atoms with van der Waals surface area (Å²) >= 11 is 1.28. The lowest BCUT2D eigenvalue weighted by molar-refractivity contribution is -0.120. The summed E-state index contributed by atoms with van der Waals surface area (Å²) in [7, 11) is 0. The summed E-state index contributed by atoms with van der Waals surface area (Å²) in [6.45, 7) is 3.66. The number of thioether (sulfide) groups is 1. The van der Waals surface area contributed by atoms with Crippen LogP contribution in [0.4, 0.5) is 0 Å². The average molecular weight is 306 g/mol. The van der Waals surface area contributed by atoms with Crippen molar-refractivity contribution in [1.29, 1.82) is 5.26 Å². The Labute approximate surface area is 133 Å². The molecule has 2 aromatic rings. The highest BCUT2D eigenvalue weighted by atomic mass is 32.2. The van der Waals surface area contributed by atoms with E-state index < -0.39 is 0 Å². The predicted octanol–water partition coefficient (Wildman–Crippen LogP) is 4.06. The third-order valence-corrected chi connectivity index (χ3v) is 4.48. The Morgan fingerprint density at radius 3 is 2.82 bits per heavy atom. The normalized spacial score (nSPS) is 18.0. The molecule has 108 valence electrons. The minimum atomic E-state index is -0.215. The molecule has 3 nitrogen and oxygen atoms in total. The van der Waals surface area contributed by atoms with E-state index in [0.29, 0.717) is 10.6 Å². The second-order valence-electron chi connectivity index (χ2n) is 5.01. The SMILES string of the molecule is C=CSC1=C(C#N)[C@@H](c2cccc3ccccc23)CC(=O)N1. The number of rotatable bonds is 3. The quantitative estimate of drug-likeness (QED) is 0.930. The van der Waals surface area contributed by atoms with Crippen molar-refractivity contribution in [3.8, 4) is 6.07 Å². The van der Waals surface area contributed by atoms with Crippen molar-refractivity contribution in [2.24, 2.45) is 0 Å². The maximum atomic E-state index is 12.0. The van der Waals surface area contributed by atoms with Crippen LogP contribution in [0.2, 0.25) is 0 Å². The number of nitrogens with zero attached hydrogens (tertiary/aromatic N) is 1. The maximum Gasteiger partial charge on any atom is 0.225 e. The number of carbonyl (C=O) groups is 1. The molecule has 1 aliphatic rings. The zero-order valence-corrected chi connectivity index (χ0v) is 12.7. The molecule has 1 heterocycles. The zero-order valence-electron chi connectivity index (χ0n) is 11.9. The van der Waals surface area contributed by atoms with Crippen LogP contribution in [0.3, 0.4) is 0 Å². The van der Waals surface area contributed by atoms with Gasteiger partial charge in [0.25, 0.3) is 0 Å². The Morgan fingerprint density at radius 2 is 2.05 bits per heavy atom. The van der Waals surface area contributed by atoms with E-state index in [4.69, 9.17) is 0 Å². The van der Waals surface area contributed by atoms with E-state index in [-0.39, 0.29) is 18.2 Å². The molecule has 0 bridgehead atoms.